The van der Waals surface area contributed by atoms with Gasteiger partial charge in [0.2, 0.25) is 0 Å². The molecule has 1 saturated carbocycles. The molecule has 2 unspecified atom stereocenters. The van der Waals surface area contributed by atoms with Crippen molar-refractivity contribution in [2.75, 3.05) is 19.8 Å². The minimum absolute atomic E-state index is 0.00531. The van der Waals surface area contributed by atoms with E-state index in [0.29, 0.717) is 25.9 Å². The predicted molar refractivity (Wildman–Crippen MR) is 71.5 cm³/mol. The summed E-state index contributed by atoms with van der Waals surface area (Å²) in [5, 5.41) is 0. The molecule has 2 saturated heterocycles. The molecule has 0 N–H and O–H groups in total. The molecule has 0 amide bonds. The highest BCUT2D eigenvalue weighted by Crippen LogP contribution is 2.49. The zero-order valence-corrected chi connectivity index (χ0v) is 12.9. The molecule has 2 atom stereocenters. The quantitative estimate of drug-likeness (QED) is 0.638. The van der Waals surface area contributed by atoms with E-state index < -0.39 is 8.80 Å². The molecule has 5 heteroatoms. The van der Waals surface area contributed by atoms with Gasteiger partial charge in [0.05, 0.1) is 11.7 Å². The molecule has 2 bridgehead atoms. The van der Waals surface area contributed by atoms with E-state index in [0.717, 1.165) is 18.9 Å². The molecule has 0 aromatic rings. The summed E-state index contributed by atoms with van der Waals surface area (Å²) in [4.78, 5) is 0. The van der Waals surface area contributed by atoms with Gasteiger partial charge in [-0.25, -0.2) is 0 Å². The van der Waals surface area contributed by atoms with Crippen LogP contribution in [0.25, 0.3) is 0 Å². The molecular formula is C13H26O4Si. The van der Waals surface area contributed by atoms with Crippen LogP contribution < -0.4 is 0 Å². The van der Waals surface area contributed by atoms with Crippen LogP contribution >= 0.6 is 0 Å². The van der Waals surface area contributed by atoms with Gasteiger partial charge in [-0.2, -0.15) is 0 Å². The summed E-state index contributed by atoms with van der Waals surface area (Å²) in [6.07, 6.45) is 5.25. The van der Waals surface area contributed by atoms with Gasteiger partial charge in [-0.15, -0.1) is 0 Å². The van der Waals surface area contributed by atoms with Crippen molar-refractivity contribution < 1.29 is 18.0 Å². The Balaban J connectivity index is 2.02. The fraction of sp³-hybridized carbons (Fsp3) is 1.00. The lowest BCUT2D eigenvalue weighted by Crippen LogP contribution is -2.61. The van der Waals surface area contributed by atoms with Crippen molar-refractivity contribution in [2.45, 2.75) is 64.2 Å². The van der Waals surface area contributed by atoms with Crippen LogP contribution in [0, 0.1) is 0 Å². The minimum Gasteiger partial charge on any atom is -0.374 e. The lowest BCUT2D eigenvalue weighted by Gasteiger charge is -2.54. The third kappa shape index (κ3) is 2.96. The zero-order valence-electron chi connectivity index (χ0n) is 11.9. The van der Waals surface area contributed by atoms with E-state index in [9.17, 15) is 0 Å². The topological polar surface area (TPSA) is 36.9 Å². The third-order valence-corrected chi connectivity index (χ3v) is 7.07. The average Bonchev–Trinajstić information content (AvgIpc) is 2.29. The van der Waals surface area contributed by atoms with Gasteiger partial charge in [-0.3, -0.25) is 0 Å². The Morgan fingerprint density at radius 2 is 1.67 bits per heavy atom. The lowest BCUT2D eigenvalue weighted by molar-refractivity contribution is -0.229. The third-order valence-electron chi connectivity index (χ3n) is 3.81. The number of rotatable bonds is 8. The highest BCUT2D eigenvalue weighted by molar-refractivity contribution is 6.61. The Hall–Kier alpha value is 0.0569. The van der Waals surface area contributed by atoms with Gasteiger partial charge < -0.3 is 18.0 Å². The van der Waals surface area contributed by atoms with E-state index in [1.807, 2.05) is 20.8 Å². The Morgan fingerprint density at radius 1 is 1.11 bits per heavy atom. The summed E-state index contributed by atoms with van der Waals surface area (Å²) in [5.74, 6) is 0. The molecule has 0 aromatic heterocycles. The van der Waals surface area contributed by atoms with E-state index in [4.69, 9.17) is 18.0 Å². The maximum absolute atomic E-state index is 6.05. The van der Waals surface area contributed by atoms with E-state index in [1.54, 1.807) is 0 Å². The Kier molecular flexibility index (Phi) is 4.83. The van der Waals surface area contributed by atoms with Crippen molar-refractivity contribution in [2.24, 2.45) is 0 Å². The van der Waals surface area contributed by atoms with Gasteiger partial charge in [0.15, 0.2) is 0 Å². The molecule has 1 aliphatic carbocycles. The first kappa shape index (κ1) is 14.5. The van der Waals surface area contributed by atoms with Crippen LogP contribution in [-0.4, -0.2) is 40.3 Å². The zero-order chi connectivity index (χ0) is 13.1. The summed E-state index contributed by atoms with van der Waals surface area (Å²) in [7, 11) is -2.54. The van der Waals surface area contributed by atoms with Gasteiger partial charge in [-0.05, 0) is 40.0 Å². The SMILES string of the molecule is CCO[Si](CC12CCCC(C1)O2)(OCC)OCC. The molecule has 3 fully saturated rings. The normalized spacial score (nSPS) is 31.2. The summed E-state index contributed by atoms with van der Waals surface area (Å²) in [6.45, 7) is 7.94. The van der Waals surface area contributed by atoms with Gasteiger partial charge in [0.1, 0.15) is 0 Å². The average molecular weight is 274 g/mol. The van der Waals surface area contributed by atoms with Gasteiger partial charge in [0, 0.05) is 32.3 Å². The number of ether oxygens (including phenoxy) is 1. The maximum atomic E-state index is 6.05. The monoisotopic (exact) mass is 274 g/mol. The van der Waals surface area contributed by atoms with Crippen LogP contribution in [-0.2, 0) is 18.0 Å². The van der Waals surface area contributed by atoms with Crippen molar-refractivity contribution >= 4 is 8.80 Å². The van der Waals surface area contributed by atoms with Gasteiger partial charge >= 0.3 is 8.80 Å². The second-order valence-corrected chi connectivity index (χ2v) is 7.76. The Bertz CT molecular complexity index is 243. The van der Waals surface area contributed by atoms with Crippen molar-refractivity contribution in [3.05, 3.63) is 0 Å². The van der Waals surface area contributed by atoms with Crippen LogP contribution in [0.4, 0.5) is 0 Å². The molecule has 2 aliphatic heterocycles. The first-order valence-corrected chi connectivity index (χ1v) is 9.20. The highest BCUT2D eigenvalue weighted by Gasteiger charge is 2.57. The first-order valence-electron chi connectivity index (χ1n) is 7.27. The fourth-order valence-corrected chi connectivity index (χ4v) is 6.34. The maximum Gasteiger partial charge on any atom is 0.503 e. The highest BCUT2D eigenvalue weighted by atomic mass is 28.4. The molecular weight excluding hydrogens is 248 g/mol. The molecule has 106 valence electrons. The summed E-state index contributed by atoms with van der Waals surface area (Å²) >= 11 is 0. The summed E-state index contributed by atoms with van der Waals surface area (Å²) < 4.78 is 23.8. The summed E-state index contributed by atoms with van der Waals surface area (Å²) in [5.41, 5.74) is -0.00531. The number of fused-ring (bicyclic) bond motifs is 2. The van der Waals surface area contributed by atoms with Crippen molar-refractivity contribution in [1.29, 1.82) is 0 Å². The largest absolute Gasteiger partial charge is 0.503 e. The number of hydrogen-bond acceptors (Lipinski definition) is 4. The second kappa shape index (κ2) is 6.01. The van der Waals surface area contributed by atoms with Crippen molar-refractivity contribution in [3.63, 3.8) is 0 Å². The smallest absolute Gasteiger partial charge is 0.374 e. The van der Waals surface area contributed by atoms with E-state index in [1.165, 1.54) is 12.8 Å². The molecule has 3 aliphatic rings. The molecule has 0 spiro atoms. The van der Waals surface area contributed by atoms with E-state index in [-0.39, 0.29) is 5.60 Å². The lowest BCUT2D eigenvalue weighted by atomic mass is 9.78. The molecule has 0 aromatic carbocycles. The standard InChI is InChI=1S/C13H26O4Si/c1-4-14-18(15-5-2,16-6-3)11-13-9-7-8-12(10-13)17-13/h12H,4-11H2,1-3H3. The van der Waals surface area contributed by atoms with Crippen LogP contribution in [0.15, 0.2) is 0 Å². The van der Waals surface area contributed by atoms with Gasteiger partial charge in [-0.1, -0.05) is 0 Å². The van der Waals surface area contributed by atoms with Crippen LogP contribution in [0.1, 0.15) is 46.5 Å². The fourth-order valence-electron chi connectivity index (χ4n) is 3.27. The number of hydrogen-bond donors (Lipinski definition) is 0. The second-order valence-electron chi connectivity index (χ2n) is 5.18. The minimum atomic E-state index is -2.54. The van der Waals surface area contributed by atoms with Crippen molar-refractivity contribution in [1.82, 2.24) is 0 Å². The van der Waals surface area contributed by atoms with E-state index >= 15 is 0 Å². The molecule has 4 nitrogen and oxygen atoms in total. The van der Waals surface area contributed by atoms with Crippen molar-refractivity contribution in [3.8, 4) is 0 Å². The van der Waals surface area contributed by atoms with E-state index in [2.05, 4.69) is 0 Å². The Morgan fingerprint density at radius 3 is 2.06 bits per heavy atom. The molecule has 3 rings (SSSR count). The molecule has 2 heterocycles. The van der Waals surface area contributed by atoms with Crippen LogP contribution in [0.5, 0.6) is 0 Å². The Labute approximate surface area is 111 Å². The first-order chi connectivity index (χ1) is 8.67. The van der Waals surface area contributed by atoms with Gasteiger partial charge in [0.25, 0.3) is 0 Å². The molecule has 0 radical (unpaired) electrons. The van der Waals surface area contributed by atoms with Crippen LogP contribution in [0.2, 0.25) is 6.04 Å². The molecule has 18 heavy (non-hydrogen) atoms. The van der Waals surface area contributed by atoms with Crippen LogP contribution in [0.3, 0.4) is 0 Å². The predicted octanol–water partition coefficient (Wildman–Crippen LogP) is 2.75. The summed E-state index contributed by atoms with van der Waals surface area (Å²) in [6, 6.07) is 0.825.